The number of benzene rings is 2. The highest BCUT2D eigenvalue weighted by atomic mass is 79.9. The van der Waals surface area contributed by atoms with Gasteiger partial charge in [-0.05, 0) is 36.6 Å². The van der Waals surface area contributed by atoms with Gasteiger partial charge in [-0.2, -0.15) is 5.09 Å². The van der Waals surface area contributed by atoms with Crippen molar-refractivity contribution < 1.29 is 42.2 Å². The van der Waals surface area contributed by atoms with E-state index >= 15 is 0 Å². The van der Waals surface area contributed by atoms with E-state index in [0.29, 0.717) is 0 Å². The highest BCUT2D eigenvalue weighted by molar-refractivity contribution is 9.10. The number of imide groups is 1. The number of rotatable bonds is 13. The van der Waals surface area contributed by atoms with Gasteiger partial charge in [0.25, 0.3) is 0 Å². The molecule has 3 amide bonds. The average molecular weight is 695 g/mol. The van der Waals surface area contributed by atoms with Gasteiger partial charge in [-0.1, -0.05) is 69.6 Å². The van der Waals surface area contributed by atoms with Gasteiger partial charge in [0.05, 0.1) is 25.9 Å². The van der Waals surface area contributed by atoms with Crippen molar-refractivity contribution in [3.63, 3.8) is 0 Å². The Morgan fingerprint density at radius 2 is 1.89 bits per heavy atom. The lowest BCUT2D eigenvalue weighted by Gasteiger charge is -2.44. The maximum Gasteiger partial charge on any atom is 0.459 e. The molecule has 0 aromatic heterocycles. The van der Waals surface area contributed by atoms with Gasteiger partial charge in [-0.3, -0.25) is 24.3 Å². The maximum absolute atomic E-state index is 14.2. The SMILES string of the molecule is COC(=O)[C@H](Cc1ccccc1)NP(=O)(OC[C@H]1O[C@@H](N2C(=O)NC(=O)C(C)(Br)C2OC)C[C@@H]1N=[N+]=[N-])Oc1ccccc1. The molecule has 2 aromatic rings. The van der Waals surface area contributed by atoms with Gasteiger partial charge in [-0.15, -0.1) is 0 Å². The third-order valence-electron chi connectivity index (χ3n) is 7.01. The van der Waals surface area contributed by atoms with E-state index in [0.717, 1.165) is 5.56 Å². The molecule has 15 nitrogen and oxygen atoms in total. The van der Waals surface area contributed by atoms with Gasteiger partial charge in [0.2, 0.25) is 5.91 Å². The zero-order chi connectivity index (χ0) is 31.9. The van der Waals surface area contributed by atoms with Crippen LogP contribution in [0.5, 0.6) is 5.75 Å². The van der Waals surface area contributed by atoms with Crippen molar-refractivity contribution in [3.8, 4) is 5.75 Å². The number of methoxy groups -OCH3 is 2. The minimum atomic E-state index is -4.35. The van der Waals surface area contributed by atoms with Crippen LogP contribution in [0.25, 0.3) is 10.4 Å². The summed E-state index contributed by atoms with van der Waals surface area (Å²) < 4.78 is 41.0. The van der Waals surface area contributed by atoms with Crippen LogP contribution in [0, 0.1) is 0 Å². The van der Waals surface area contributed by atoms with E-state index in [4.69, 9.17) is 23.3 Å². The third-order valence-corrected chi connectivity index (χ3v) is 9.33. The monoisotopic (exact) mass is 694 g/mol. The molecule has 7 atom stereocenters. The molecule has 0 radical (unpaired) electrons. The fraction of sp³-hybridized carbons (Fsp3) is 0.444. The van der Waals surface area contributed by atoms with Gasteiger partial charge in [0.1, 0.15) is 22.3 Å². The number of nitrogens with zero attached hydrogens (tertiary/aromatic N) is 4. The van der Waals surface area contributed by atoms with Crippen LogP contribution in [-0.2, 0) is 39.3 Å². The largest absolute Gasteiger partial charge is 0.468 e. The maximum atomic E-state index is 14.2. The lowest BCUT2D eigenvalue weighted by atomic mass is 10.0. The zero-order valence-corrected chi connectivity index (χ0v) is 26.6. The van der Waals surface area contributed by atoms with E-state index in [2.05, 4.69) is 36.4 Å². The number of carbonyl (C=O) groups excluding carboxylic acids is 3. The van der Waals surface area contributed by atoms with Gasteiger partial charge >= 0.3 is 19.7 Å². The Morgan fingerprint density at radius 3 is 2.50 bits per heavy atom. The van der Waals surface area contributed by atoms with Crippen molar-refractivity contribution in [2.75, 3.05) is 20.8 Å². The smallest absolute Gasteiger partial charge is 0.459 e. The van der Waals surface area contributed by atoms with E-state index in [1.165, 1.54) is 26.0 Å². The summed E-state index contributed by atoms with van der Waals surface area (Å²) in [7, 11) is -1.81. The molecule has 0 spiro atoms. The molecule has 236 valence electrons. The van der Waals surface area contributed by atoms with Gasteiger partial charge in [0.15, 0.2) is 6.23 Å². The first kappa shape index (κ1) is 33.4. The molecule has 0 bridgehead atoms. The van der Waals surface area contributed by atoms with Crippen molar-refractivity contribution in [1.29, 1.82) is 0 Å². The molecule has 17 heteroatoms. The number of para-hydroxylation sites is 1. The molecule has 2 aliphatic rings. The summed E-state index contributed by atoms with van der Waals surface area (Å²) in [5.74, 6) is -1.11. The standard InChI is InChI=1S/C27H32BrN6O9P/c1-27(28)24(36)30-26(37)34(25(27)40-3)22-15-19(31-33-29)21(42-22)16-41-44(38,43-18-12-8-5-9-13-18)32-20(23(35)39-2)14-17-10-6-4-7-11-17/h4-13,19-22,25H,14-16H2,1-3H3,(H,32,38)(H,30,36,37)/t19-,20-,21+,22+,25?,27?,44?/m0/s1. The first-order valence-electron chi connectivity index (χ1n) is 13.4. The summed E-state index contributed by atoms with van der Waals surface area (Å²) in [5.41, 5.74) is 9.99. The summed E-state index contributed by atoms with van der Waals surface area (Å²) in [6.45, 7) is 1.10. The Balaban J connectivity index is 1.57. The number of esters is 1. The van der Waals surface area contributed by atoms with E-state index in [1.54, 1.807) is 54.6 Å². The van der Waals surface area contributed by atoms with Crippen LogP contribution in [0.2, 0.25) is 0 Å². The van der Waals surface area contributed by atoms with E-state index in [1.807, 2.05) is 6.07 Å². The molecule has 0 aliphatic carbocycles. The molecular formula is C27H32BrN6O9P. The number of azide groups is 1. The van der Waals surface area contributed by atoms with Crippen LogP contribution in [0.3, 0.4) is 0 Å². The van der Waals surface area contributed by atoms with Crippen LogP contribution >= 0.6 is 23.7 Å². The number of nitrogens with one attached hydrogen (secondary N) is 2. The number of ether oxygens (including phenoxy) is 3. The molecule has 3 unspecified atom stereocenters. The van der Waals surface area contributed by atoms with Crippen molar-refractivity contribution in [3.05, 3.63) is 76.7 Å². The first-order valence-corrected chi connectivity index (χ1v) is 15.8. The minimum absolute atomic E-state index is 0.0126. The zero-order valence-electron chi connectivity index (χ0n) is 24.1. The van der Waals surface area contributed by atoms with E-state index in [9.17, 15) is 24.5 Å². The fourth-order valence-corrected chi connectivity index (χ4v) is 6.86. The normalized spacial score (nSPS) is 27.0. The Labute approximate surface area is 261 Å². The molecule has 44 heavy (non-hydrogen) atoms. The number of urea groups is 1. The van der Waals surface area contributed by atoms with Crippen LogP contribution in [0.4, 0.5) is 4.79 Å². The highest BCUT2D eigenvalue weighted by Gasteiger charge is 2.54. The molecule has 0 saturated carbocycles. The minimum Gasteiger partial charge on any atom is -0.468 e. The number of amides is 3. The number of carbonyl (C=O) groups is 3. The van der Waals surface area contributed by atoms with Crippen LogP contribution in [-0.4, -0.2) is 78.6 Å². The lowest BCUT2D eigenvalue weighted by molar-refractivity contribution is -0.152. The molecule has 4 rings (SSSR count). The Kier molecular flexibility index (Phi) is 11.0. The van der Waals surface area contributed by atoms with Gasteiger partial charge < -0.3 is 18.7 Å². The second-order valence-electron chi connectivity index (χ2n) is 10.1. The molecule has 2 saturated heterocycles. The molecular weight excluding hydrogens is 663 g/mol. The molecule has 2 aliphatic heterocycles. The number of halogens is 1. The highest BCUT2D eigenvalue weighted by Crippen LogP contribution is 2.46. The summed E-state index contributed by atoms with van der Waals surface area (Å²) in [6, 6.07) is 14.4. The molecule has 2 N–H and O–H groups in total. The van der Waals surface area contributed by atoms with Crippen molar-refractivity contribution in [2.45, 2.75) is 54.7 Å². The second-order valence-corrected chi connectivity index (χ2v) is 13.4. The van der Waals surface area contributed by atoms with Crippen molar-refractivity contribution in [1.82, 2.24) is 15.3 Å². The predicted octanol–water partition coefficient (Wildman–Crippen LogP) is 4.04. The summed E-state index contributed by atoms with van der Waals surface area (Å²) in [6.07, 6.45) is -2.99. The second kappa shape index (κ2) is 14.5. The first-order chi connectivity index (χ1) is 21.0. The lowest BCUT2D eigenvalue weighted by Crippen LogP contribution is -2.69. The van der Waals surface area contributed by atoms with E-state index < -0.39 is 67.2 Å². The Hall–Kier alpha value is -3.49. The number of hydrogen-bond acceptors (Lipinski definition) is 10. The van der Waals surface area contributed by atoms with Crippen molar-refractivity contribution in [2.24, 2.45) is 5.11 Å². The third kappa shape index (κ3) is 7.77. The molecule has 2 aromatic carbocycles. The summed E-state index contributed by atoms with van der Waals surface area (Å²) in [4.78, 5) is 42.1. The molecule has 2 heterocycles. The summed E-state index contributed by atoms with van der Waals surface area (Å²) >= 11 is 3.32. The van der Waals surface area contributed by atoms with Crippen LogP contribution in [0.1, 0.15) is 18.9 Å². The topological polar surface area (TPSA) is 190 Å². The number of alkyl halides is 1. The van der Waals surface area contributed by atoms with Crippen LogP contribution in [0.15, 0.2) is 65.8 Å². The Morgan fingerprint density at radius 1 is 1.23 bits per heavy atom. The van der Waals surface area contributed by atoms with Gasteiger partial charge in [-0.25, -0.2) is 9.36 Å². The van der Waals surface area contributed by atoms with Gasteiger partial charge in [0, 0.05) is 18.4 Å². The number of hydrogen-bond donors (Lipinski definition) is 2. The average Bonchev–Trinajstić information content (AvgIpc) is 3.40. The quantitative estimate of drug-likeness (QED) is 0.0773. The Bertz CT molecular complexity index is 1430. The molecule has 2 fully saturated rings. The van der Waals surface area contributed by atoms with E-state index in [-0.39, 0.29) is 18.6 Å². The predicted molar refractivity (Wildman–Crippen MR) is 159 cm³/mol. The van der Waals surface area contributed by atoms with Crippen LogP contribution < -0.4 is 14.9 Å². The fourth-order valence-electron chi connectivity index (χ4n) is 4.85. The van der Waals surface area contributed by atoms with Crippen molar-refractivity contribution >= 4 is 41.6 Å². The summed E-state index contributed by atoms with van der Waals surface area (Å²) in [5, 5.41) is 8.75.